The fourth-order valence-electron chi connectivity index (χ4n) is 2.01. The number of amides is 1. The maximum atomic E-state index is 11.9. The number of nitrogens with one attached hydrogen (secondary N) is 2. The molecule has 5 heteroatoms. The fraction of sp³-hybridized carbons (Fsp3) is 0.333. The van der Waals surface area contributed by atoms with E-state index in [1.54, 1.807) is 6.20 Å². The molecule has 4 N–H and O–H groups in total. The normalized spacial score (nSPS) is 12.4. The number of fused-ring (bicyclic) bond motifs is 1. The first-order chi connectivity index (χ1) is 9.49. The molecular formula is C15H20N4O. The van der Waals surface area contributed by atoms with E-state index in [0.29, 0.717) is 5.69 Å². The Hall–Kier alpha value is -2.30. The second-order valence-corrected chi connectivity index (χ2v) is 5.13. The summed E-state index contributed by atoms with van der Waals surface area (Å²) in [5.41, 5.74) is 8.33. The van der Waals surface area contributed by atoms with E-state index in [4.69, 9.17) is 5.73 Å². The molecule has 1 aromatic carbocycles. The zero-order chi connectivity index (χ0) is 14.7. The minimum atomic E-state index is -0.353. The number of aromatic nitrogens is 1. The van der Waals surface area contributed by atoms with Gasteiger partial charge in [-0.05, 0) is 45.0 Å². The molecule has 0 aliphatic carbocycles. The smallest absolute Gasteiger partial charge is 0.242 e. The van der Waals surface area contributed by atoms with Crippen molar-refractivity contribution >= 4 is 28.2 Å². The number of hydrogen-bond donors (Lipinski definition) is 3. The Bertz CT molecular complexity index is 624. The van der Waals surface area contributed by atoms with Crippen LogP contribution in [0.2, 0.25) is 0 Å². The monoisotopic (exact) mass is 272 g/mol. The topological polar surface area (TPSA) is 80.0 Å². The molecule has 1 amide bonds. The number of carbonyl (C=O) groups is 1. The van der Waals surface area contributed by atoms with Gasteiger partial charge in [0.15, 0.2) is 0 Å². The van der Waals surface area contributed by atoms with Crippen LogP contribution in [0.25, 0.3) is 10.9 Å². The molecule has 1 aromatic heterocycles. The van der Waals surface area contributed by atoms with Gasteiger partial charge in [-0.2, -0.15) is 0 Å². The number of nitrogens with zero attached hydrogens (tertiary/aromatic N) is 1. The number of nitrogen functional groups attached to an aromatic ring is 1. The molecule has 0 fully saturated rings. The molecule has 0 spiro atoms. The molecule has 0 aliphatic rings. The highest BCUT2D eigenvalue weighted by molar-refractivity contribution is 5.98. The number of carbonyl (C=O) groups excluding carboxylic acids is 1. The van der Waals surface area contributed by atoms with Crippen molar-refractivity contribution in [3.63, 3.8) is 0 Å². The second-order valence-electron chi connectivity index (χ2n) is 5.13. The van der Waals surface area contributed by atoms with Crippen LogP contribution in [0.4, 0.5) is 11.4 Å². The molecule has 106 valence electrons. The van der Waals surface area contributed by atoms with Gasteiger partial charge >= 0.3 is 0 Å². The van der Waals surface area contributed by atoms with Crippen LogP contribution in [0.15, 0.2) is 30.5 Å². The maximum absolute atomic E-state index is 11.9. The lowest BCUT2D eigenvalue weighted by atomic mass is 10.1. The average Bonchev–Trinajstić information content (AvgIpc) is 2.41. The molecule has 2 rings (SSSR count). The molecular weight excluding hydrogens is 252 g/mol. The highest BCUT2D eigenvalue weighted by atomic mass is 16.2. The number of benzene rings is 1. The minimum absolute atomic E-state index is 0.0503. The first-order valence-corrected chi connectivity index (χ1v) is 6.69. The van der Waals surface area contributed by atoms with Crippen LogP contribution in [0.1, 0.15) is 20.8 Å². The molecule has 0 radical (unpaired) electrons. The van der Waals surface area contributed by atoms with Crippen molar-refractivity contribution in [2.45, 2.75) is 32.9 Å². The van der Waals surface area contributed by atoms with Crippen LogP contribution in [0.5, 0.6) is 0 Å². The lowest BCUT2D eigenvalue weighted by Gasteiger charge is -2.18. The number of hydrogen-bond acceptors (Lipinski definition) is 4. The maximum Gasteiger partial charge on any atom is 0.242 e. The van der Waals surface area contributed by atoms with Crippen molar-refractivity contribution in [2.24, 2.45) is 0 Å². The Balaban J connectivity index is 2.21. The van der Waals surface area contributed by atoms with Gasteiger partial charge in [-0.1, -0.05) is 0 Å². The summed E-state index contributed by atoms with van der Waals surface area (Å²) in [5, 5.41) is 6.89. The second kappa shape index (κ2) is 5.77. The van der Waals surface area contributed by atoms with E-state index in [2.05, 4.69) is 15.6 Å². The lowest BCUT2D eigenvalue weighted by Crippen LogP contribution is -2.41. The Morgan fingerprint density at radius 1 is 1.25 bits per heavy atom. The molecule has 0 saturated heterocycles. The number of nitrogens with two attached hydrogens (primary N) is 1. The van der Waals surface area contributed by atoms with Gasteiger partial charge < -0.3 is 16.4 Å². The zero-order valence-electron chi connectivity index (χ0n) is 12.0. The largest absolute Gasteiger partial charge is 0.397 e. The molecule has 1 unspecified atom stereocenters. The molecule has 1 heterocycles. The van der Waals surface area contributed by atoms with Crippen LogP contribution < -0.4 is 16.4 Å². The van der Waals surface area contributed by atoms with Crippen molar-refractivity contribution in [1.29, 1.82) is 0 Å². The van der Waals surface area contributed by atoms with Gasteiger partial charge in [-0.15, -0.1) is 0 Å². The molecule has 0 saturated carbocycles. The standard InChI is InChI=1S/C15H20N4O/c1-9(2)18-15(20)10(3)19-13-7-6-12-11(14(13)16)5-4-8-17-12/h4-10,19H,16H2,1-3H3,(H,18,20). The molecule has 0 bridgehead atoms. The Kier molecular flexibility index (Phi) is 4.08. The third-order valence-electron chi connectivity index (χ3n) is 3.02. The molecule has 5 nitrogen and oxygen atoms in total. The van der Waals surface area contributed by atoms with E-state index < -0.39 is 0 Å². The Morgan fingerprint density at radius 2 is 2.00 bits per heavy atom. The first-order valence-electron chi connectivity index (χ1n) is 6.69. The van der Waals surface area contributed by atoms with E-state index in [1.165, 1.54) is 0 Å². The van der Waals surface area contributed by atoms with Crippen LogP contribution in [-0.2, 0) is 4.79 Å². The van der Waals surface area contributed by atoms with E-state index in [9.17, 15) is 4.79 Å². The van der Waals surface area contributed by atoms with E-state index in [1.807, 2.05) is 45.0 Å². The van der Waals surface area contributed by atoms with E-state index >= 15 is 0 Å². The van der Waals surface area contributed by atoms with Gasteiger partial charge in [0.25, 0.3) is 0 Å². The van der Waals surface area contributed by atoms with Crippen molar-refractivity contribution in [1.82, 2.24) is 10.3 Å². The summed E-state index contributed by atoms with van der Waals surface area (Å²) < 4.78 is 0. The SMILES string of the molecule is CC(C)NC(=O)C(C)Nc1ccc2ncccc2c1N. The van der Waals surface area contributed by atoms with Crippen molar-refractivity contribution in [2.75, 3.05) is 11.1 Å². The Labute approximate surface area is 118 Å². The molecule has 2 aromatic rings. The summed E-state index contributed by atoms with van der Waals surface area (Å²) in [6, 6.07) is 7.27. The van der Waals surface area contributed by atoms with Gasteiger partial charge in [0.05, 0.1) is 16.9 Å². The number of rotatable bonds is 4. The van der Waals surface area contributed by atoms with Crippen molar-refractivity contribution in [3.05, 3.63) is 30.5 Å². The molecule has 0 aliphatic heterocycles. The third kappa shape index (κ3) is 2.99. The van der Waals surface area contributed by atoms with Gasteiger partial charge in [-0.25, -0.2) is 0 Å². The number of pyridine rings is 1. The van der Waals surface area contributed by atoms with Crippen molar-refractivity contribution < 1.29 is 4.79 Å². The van der Waals surface area contributed by atoms with Gasteiger partial charge in [0, 0.05) is 17.6 Å². The predicted molar refractivity (Wildman–Crippen MR) is 82.5 cm³/mol. The summed E-state index contributed by atoms with van der Waals surface area (Å²) in [7, 11) is 0. The van der Waals surface area contributed by atoms with Gasteiger partial charge in [0.2, 0.25) is 5.91 Å². The predicted octanol–water partition coefficient (Wildman–Crippen LogP) is 2.14. The fourth-order valence-corrected chi connectivity index (χ4v) is 2.01. The quantitative estimate of drug-likeness (QED) is 0.745. The summed E-state index contributed by atoms with van der Waals surface area (Å²) >= 11 is 0. The van der Waals surface area contributed by atoms with Gasteiger partial charge in [-0.3, -0.25) is 9.78 Å². The van der Waals surface area contributed by atoms with E-state index in [-0.39, 0.29) is 18.0 Å². The lowest BCUT2D eigenvalue weighted by molar-refractivity contribution is -0.122. The highest BCUT2D eigenvalue weighted by Crippen LogP contribution is 2.27. The molecule has 1 atom stereocenters. The van der Waals surface area contributed by atoms with Crippen LogP contribution in [0, 0.1) is 0 Å². The summed E-state index contributed by atoms with van der Waals surface area (Å²) in [6.45, 7) is 5.67. The van der Waals surface area contributed by atoms with Crippen LogP contribution in [0.3, 0.4) is 0 Å². The summed E-state index contributed by atoms with van der Waals surface area (Å²) in [4.78, 5) is 16.2. The van der Waals surface area contributed by atoms with Crippen LogP contribution >= 0.6 is 0 Å². The zero-order valence-corrected chi connectivity index (χ0v) is 12.0. The molecule has 20 heavy (non-hydrogen) atoms. The van der Waals surface area contributed by atoms with E-state index in [0.717, 1.165) is 16.6 Å². The summed E-state index contributed by atoms with van der Waals surface area (Å²) in [5.74, 6) is -0.0503. The average molecular weight is 272 g/mol. The van der Waals surface area contributed by atoms with Crippen LogP contribution in [-0.4, -0.2) is 23.0 Å². The number of anilines is 2. The highest BCUT2D eigenvalue weighted by Gasteiger charge is 2.15. The Morgan fingerprint density at radius 3 is 2.70 bits per heavy atom. The summed E-state index contributed by atoms with van der Waals surface area (Å²) in [6.07, 6.45) is 1.73. The van der Waals surface area contributed by atoms with Gasteiger partial charge in [0.1, 0.15) is 6.04 Å². The first kappa shape index (κ1) is 14.1. The van der Waals surface area contributed by atoms with Crippen molar-refractivity contribution in [3.8, 4) is 0 Å². The minimum Gasteiger partial charge on any atom is -0.397 e. The third-order valence-corrected chi connectivity index (χ3v) is 3.02.